The van der Waals surface area contributed by atoms with Crippen molar-refractivity contribution in [2.75, 3.05) is 33.0 Å². The van der Waals surface area contributed by atoms with Crippen LogP contribution in [0.3, 0.4) is 0 Å². The zero-order valence-corrected chi connectivity index (χ0v) is 22.7. The first-order valence-electron chi connectivity index (χ1n) is 13.1. The fourth-order valence-electron chi connectivity index (χ4n) is 3.64. The van der Waals surface area contributed by atoms with Crippen molar-refractivity contribution in [3.63, 3.8) is 0 Å². The van der Waals surface area contributed by atoms with Crippen molar-refractivity contribution in [3.8, 4) is 0 Å². The molecule has 0 N–H and O–H groups in total. The number of ether oxygens (including phenoxy) is 3. The lowest BCUT2D eigenvalue weighted by molar-refractivity contribution is -0.197. The number of carbonyl (C=O) groups is 8. The van der Waals surface area contributed by atoms with E-state index in [1.165, 1.54) is 6.26 Å². The molecule has 2 rings (SSSR count). The number of ketones is 2. The van der Waals surface area contributed by atoms with Crippen molar-refractivity contribution in [1.82, 2.24) is 10.1 Å². The van der Waals surface area contributed by atoms with Gasteiger partial charge in [0.05, 0.1) is 26.1 Å². The third-order valence-electron chi connectivity index (χ3n) is 5.75. The van der Waals surface area contributed by atoms with Crippen LogP contribution < -0.4 is 0 Å². The highest BCUT2D eigenvalue weighted by Crippen LogP contribution is 2.14. The predicted octanol–water partition coefficient (Wildman–Crippen LogP) is 0.489. The molecule has 2 heterocycles. The number of hydroxylamine groups is 4. The molecule has 0 aliphatic carbocycles. The van der Waals surface area contributed by atoms with E-state index in [-0.39, 0.29) is 115 Å². The van der Waals surface area contributed by atoms with Gasteiger partial charge in [-0.2, -0.15) is 0 Å². The van der Waals surface area contributed by atoms with Gasteiger partial charge in [0.1, 0.15) is 13.2 Å². The molecular formula is C26H34N2O13. The van der Waals surface area contributed by atoms with Crippen molar-refractivity contribution in [1.29, 1.82) is 0 Å². The van der Waals surface area contributed by atoms with Crippen molar-refractivity contribution < 1.29 is 62.2 Å². The molecule has 15 nitrogen and oxygen atoms in total. The lowest BCUT2D eigenvalue weighted by Crippen LogP contribution is -2.32. The molecule has 2 saturated heterocycles. The van der Waals surface area contributed by atoms with E-state index in [0.717, 1.165) is 0 Å². The number of imide groups is 2. The summed E-state index contributed by atoms with van der Waals surface area (Å²) in [5.41, 5.74) is 0. The Labute approximate surface area is 235 Å². The minimum atomic E-state index is -0.786. The molecule has 0 aromatic rings. The summed E-state index contributed by atoms with van der Waals surface area (Å²) in [6, 6.07) is 0. The van der Waals surface area contributed by atoms with Gasteiger partial charge in [-0.25, -0.2) is 9.59 Å². The number of nitrogens with zero attached hydrogens (tertiary/aromatic N) is 2. The van der Waals surface area contributed by atoms with E-state index in [4.69, 9.17) is 23.9 Å². The van der Waals surface area contributed by atoms with Crippen LogP contribution in [0.2, 0.25) is 0 Å². The molecule has 0 saturated carbocycles. The third kappa shape index (κ3) is 12.4. The molecule has 2 aliphatic rings. The quantitative estimate of drug-likeness (QED) is 0.134. The Kier molecular flexibility index (Phi) is 14.3. The standard InChI is InChI=1S/C26H34N2O13/c1-2-37-13-18(14-38-16-19(29)5-3-7-25(35)40-27-21(31)9-10-22(27)32)15-39-17-20(30)6-4-8-26(36)41-28-23(33)11-12-24(28)34/h2,18H,1,3-17H2. The molecule has 0 aromatic carbocycles. The molecule has 2 aliphatic heterocycles. The summed E-state index contributed by atoms with van der Waals surface area (Å²) in [6.45, 7) is 3.31. The summed E-state index contributed by atoms with van der Waals surface area (Å²) >= 11 is 0. The van der Waals surface area contributed by atoms with E-state index < -0.39 is 35.6 Å². The Balaban J connectivity index is 1.56. The minimum absolute atomic E-state index is 0.00512. The maximum absolute atomic E-state index is 12.1. The topological polar surface area (TPSA) is 189 Å². The second-order valence-corrected chi connectivity index (χ2v) is 9.27. The molecule has 0 aromatic heterocycles. The SMILES string of the molecule is C=COCC(COCC(=O)CCCC(=O)ON1C(=O)CCC1=O)COCC(=O)CCCC(=O)ON1C(=O)CCC1=O. The zero-order valence-electron chi connectivity index (χ0n) is 22.7. The molecule has 0 spiro atoms. The molecule has 0 unspecified atom stereocenters. The summed E-state index contributed by atoms with van der Waals surface area (Å²) < 4.78 is 16.0. The number of amides is 4. The van der Waals surface area contributed by atoms with Gasteiger partial charge in [-0.3, -0.25) is 28.8 Å². The summed E-state index contributed by atoms with van der Waals surface area (Å²) in [4.78, 5) is 103. The van der Waals surface area contributed by atoms with E-state index in [2.05, 4.69) is 6.58 Å². The molecular weight excluding hydrogens is 548 g/mol. The van der Waals surface area contributed by atoms with E-state index >= 15 is 0 Å². The first kappa shape index (κ1) is 33.2. The van der Waals surface area contributed by atoms with Crippen LogP contribution in [-0.4, -0.2) is 90.3 Å². The number of rotatable bonds is 21. The molecule has 4 amide bonds. The Morgan fingerprint density at radius 2 is 1.05 bits per heavy atom. The van der Waals surface area contributed by atoms with E-state index in [0.29, 0.717) is 10.1 Å². The lowest BCUT2D eigenvalue weighted by atomic mass is 10.1. The van der Waals surface area contributed by atoms with Gasteiger partial charge in [0.25, 0.3) is 23.6 Å². The first-order chi connectivity index (χ1) is 19.6. The van der Waals surface area contributed by atoms with Gasteiger partial charge in [0, 0.05) is 57.3 Å². The molecule has 226 valence electrons. The average molecular weight is 583 g/mol. The average Bonchev–Trinajstić information content (AvgIpc) is 3.41. The summed E-state index contributed by atoms with van der Waals surface area (Å²) in [6.07, 6.45) is 1.25. The van der Waals surface area contributed by atoms with Crippen LogP contribution in [0.4, 0.5) is 0 Å². The number of Topliss-reactive ketones (excluding diaryl/α,β-unsaturated/α-hetero) is 2. The van der Waals surface area contributed by atoms with Gasteiger partial charge < -0.3 is 23.9 Å². The predicted molar refractivity (Wildman–Crippen MR) is 133 cm³/mol. The van der Waals surface area contributed by atoms with Crippen LogP contribution in [0, 0.1) is 5.92 Å². The van der Waals surface area contributed by atoms with Crippen LogP contribution in [0.15, 0.2) is 12.8 Å². The van der Waals surface area contributed by atoms with Crippen LogP contribution in [-0.2, 0) is 62.2 Å². The Bertz CT molecular complexity index is 919. The lowest BCUT2D eigenvalue weighted by Gasteiger charge is -2.16. The second-order valence-electron chi connectivity index (χ2n) is 9.27. The number of hydrogen-bond donors (Lipinski definition) is 0. The van der Waals surface area contributed by atoms with Crippen LogP contribution >= 0.6 is 0 Å². The van der Waals surface area contributed by atoms with E-state index in [1.54, 1.807) is 0 Å². The summed E-state index contributed by atoms with van der Waals surface area (Å²) in [5, 5.41) is 0.907. The zero-order chi connectivity index (χ0) is 30.2. The monoisotopic (exact) mass is 582 g/mol. The van der Waals surface area contributed by atoms with Crippen molar-refractivity contribution in [2.45, 2.75) is 64.2 Å². The normalized spacial score (nSPS) is 15.0. The minimum Gasteiger partial charge on any atom is -0.501 e. The van der Waals surface area contributed by atoms with E-state index in [1.807, 2.05) is 0 Å². The first-order valence-corrected chi connectivity index (χ1v) is 13.1. The molecule has 41 heavy (non-hydrogen) atoms. The van der Waals surface area contributed by atoms with Crippen molar-refractivity contribution in [3.05, 3.63) is 12.8 Å². The highest BCUT2D eigenvalue weighted by atomic mass is 16.7. The number of carbonyl (C=O) groups excluding carboxylic acids is 8. The molecule has 0 bridgehead atoms. The van der Waals surface area contributed by atoms with Crippen molar-refractivity contribution >= 4 is 47.1 Å². The maximum Gasteiger partial charge on any atom is 0.333 e. The van der Waals surface area contributed by atoms with Crippen molar-refractivity contribution in [2.24, 2.45) is 5.92 Å². The molecule has 2 fully saturated rings. The van der Waals surface area contributed by atoms with Crippen LogP contribution in [0.5, 0.6) is 0 Å². The van der Waals surface area contributed by atoms with Crippen LogP contribution in [0.25, 0.3) is 0 Å². The third-order valence-corrected chi connectivity index (χ3v) is 5.75. The highest BCUT2D eigenvalue weighted by Gasteiger charge is 2.33. The molecule has 0 atom stereocenters. The van der Waals surface area contributed by atoms with Gasteiger partial charge in [0.15, 0.2) is 11.6 Å². The smallest absolute Gasteiger partial charge is 0.333 e. The maximum atomic E-state index is 12.1. The highest BCUT2D eigenvalue weighted by molar-refractivity contribution is 6.02. The number of hydrogen-bond acceptors (Lipinski definition) is 13. The summed E-state index contributed by atoms with van der Waals surface area (Å²) in [7, 11) is 0. The van der Waals surface area contributed by atoms with Gasteiger partial charge >= 0.3 is 11.9 Å². The Morgan fingerprint density at radius 3 is 1.41 bits per heavy atom. The summed E-state index contributed by atoms with van der Waals surface area (Å²) in [5.74, 6) is -4.77. The fraction of sp³-hybridized carbons (Fsp3) is 0.615. The molecule has 15 heteroatoms. The van der Waals surface area contributed by atoms with E-state index in [9.17, 15) is 38.4 Å². The van der Waals surface area contributed by atoms with Gasteiger partial charge in [0.2, 0.25) is 0 Å². The van der Waals surface area contributed by atoms with Gasteiger partial charge in [-0.1, -0.05) is 6.58 Å². The molecule has 0 radical (unpaired) electrons. The Morgan fingerprint density at radius 1 is 0.659 bits per heavy atom. The van der Waals surface area contributed by atoms with Crippen LogP contribution in [0.1, 0.15) is 64.2 Å². The van der Waals surface area contributed by atoms with Gasteiger partial charge in [-0.05, 0) is 12.8 Å². The fourth-order valence-corrected chi connectivity index (χ4v) is 3.64. The van der Waals surface area contributed by atoms with Gasteiger partial charge in [-0.15, -0.1) is 10.1 Å². The second kappa shape index (κ2) is 17.7. The Hall–Kier alpha value is -3.98. The largest absolute Gasteiger partial charge is 0.501 e.